The maximum Gasteiger partial charge on any atom is 0.343 e. The first kappa shape index (κ1) is 13.1. The molecule has 2 rings (SSSR count). The SMILES string of the molecule is N#COc1ccc(C(=O)Oc2ccc(C#N)cc2)cc1. The number of hydrogen-bond donors (Lipinski definition) is 0. The zero-order valence-electron chi connectivity index (χ0n) is 10.2. The third kappa shape index (κ3) is 3.12. The van der Waals surface area contributed by atoms with Gasteiger partial charge in [0.25, 0.3) is 6.26 Å². The van der Waals surface area contributed by atoms with Crippen LogP contribution in [0.3, 0.4) is 0 Å². The summed E-state index contributed by atoms with van der Waals surface area (Å²) in [4.78, 5) is 11.8. The molecule has 5 nitrogen and oxygen atoms in total. The highest BCUT2D eigenvalue weighted by atomic mass is 16.5. The fraction of sp³-hybridized carbons (Fsp3) is 0. The summed E-state index contributed by atoms with van der Waals surface area (Å²) in [5.74, 6) is 0.173. The largest absolute Gasteiger partial charge is 0.423 e. The van der Waals surface area contributed by atoms with Crippen LogP contribution < -0.4 is 9.47 Å². The number of rotatable bonds is 3. The molecular weight excluding hydrogens is 256 g/mol. The van der Waals surface area contributed by atoms with Gasteiger partial charge in [-0.2, -0.15) is 5.26 Å². The van der Waals surface area contributed by atoms with Crippen LogP contribution in [0.15, 0.2) is 48.5 Å². The van der Waals surface area contributed by atoms with Crippen LogP contribution in [0.25, 0.3) is 0 Å². The fourth-order valence-electron chi connectivity index (χ4n) is 1.48. The Labute approximate surface area is 115 Å². The second-order valence-electron chi connectivity index (χ2n) is 3.74. The summed E-state index contributed by atoms with van der Waals surface area (Å²) in [6, 6.07) is 14.2. The lowest BCUT2D eigenvalue weighted by Crippen LogP contribution is -2.08. The summed E-state index contributed by atoms with van der Waals surface area (Å²) in [7, 11) is 0. The molecule has 20 heavy (non-hydrogen) atoms. The first-order valence-electron chi connectivity index (χ1n) is 5.61. The predicted octanol–water partition coefficient (Wildman–Crippen LogP) is 2.64. The highest BCUT2D eigenvalue weighted by molar-refractivity contribution is 5.91. The van der Waals surface area contributed by atoms with Gasteiger partial charge in [0.2, 0.25) is 0 Å². The van der Waals surface area contributed by atoms with Crippen LogP contribution in [0.5, 0.6) is 11.5 Å². The lowest BCUT2D eigenvalue weighted by Gasteiger charge is -2.04. The number of nitriles is 2. The molecule has 0 fully saturated rings. The van der Waals surface area contributed by atoms with Gasteiger partial charge in [0.1, 0.15) is 11.5 Å². The average Bonchev–Trinajstić information content (AvgIpc) is 2.49. The molecule has 0 aliphatic heterocycles. The Morgan fingerprint density at radius 2 is 1.50 bits per heavy atom. The van der Waals surface area contributed by atoms with Crippen molar-refractivity contribution in [3.05, 3.63) is 59.7 Å². The van der Waals surface area contributed by atoms with Crippen molar-refractivity contribution in [3.8, 4) is 23.8 Å². The first-order valence-corrected chi connectivity index (χ1v) is 5.61. The summed E-state index contributed by atoms with van der Waals surface area (Å²) >= 11 is 0. The van der Waals surface area contributed by atoms with Crippen LogP contribution in [0, 0.1) is 22.8 Å². The maximum atomic E-state index is 11.8. The van der Waals surface area contributed by atoms with E-state index in [-0.39, 0.29) is 0 Å². The molecule has 0 heterocycles. The molecule has 0 saturated carbocycles. The van der Waals surface area contributed by atoms with Gasteiger partial charge in [-0.1, -0.05) is 0 Å². The zero-order valence-corrected chi connectivity index (χ0v) is 10.2. The van der Waals surface area contributed by atoms with Crippen LogP contribution in [0.2, 0.25) is 0 Å². The van der Waals surface area contributed by atoms with E-state index in [1.165, 1.54) is 24.3 Å². The van der Waals surface area contributed by atoms with E-state index >= 15 is 0 Å². The summed E-state index contributed by atoms with van der Waals surface area (Å²) in [5, 5.41) is 17.0. The molecule has 96 valence electrons. The van der Waals surface area contributed by atoms with Crippen molar-refractivity contribution in [1.29, 1.82) is 10.5 Å². The lowest BCUT2D eigenvalue weighted by atomic mass is 10.2. The minimum absolute atomic E-state index is 0.333. The van der Waals surface area contributed by atoms with Crippen molar-refractivity contribution >= 4 is 5.97 Å². The van der Waals surface area contributed by atoms with Gasteiger partial charge in [-0.15, -0.1) is 5.26 Å². The van der Waals surface area contributed by atoms with Crippen LogP contribution in [-0.4, -0.2) is 5.97 Å². The standard InChI is InChI=1S/C15H8N2O3/c16-9-11-1-5-14(6-2-11)20-15(18)12-3-7-13(8-4-12)19-10-17/h1-8H. The predicted molar refractivity (Wildman–Crippen MR) is 68.8 cm³/mol. The van der Waals surface area contributed by atoms with Gasteiger partial charge < -0.3 is 9.47 Å². The third-order valence-electron chi connectivity index (χ3n) is 2.45. The molecule has 0 radical (unpaired) electrons. The second kappa shape index (κ2) is 6.03. The highest BCUT2D eigenvalue weighted by Crippen LogP contribution is 2.16. The van der Waals surface area contributed by atoms with Crippen molar-refractivity contribution in [2.45, 2.75) is 0 Å². The molecule has 0 aromatic heterocycles. The van der Waals surface area contributed by atoms with Gasteiger partial charge in [-0.3, -0.25) is 0 Å². The molecule has 0 bridgehead atoms. The summed E-state index contributed by atoms with van der Waals surface area (Å²) < 4.78 is 9.75. The Balaban J connectivity index is 2.07. The van der Waals surface area contributed by atoms with E-state index in [9.17, 15) is 4.79 Å². The van der Waals surface area contributed by atoms with E-state index in [1.54, 1.807) is 30.5 Å². The van der Waals surface area contributed by atoms with E-state index in [4.69, 9.17) is 15.3 Å². The van der Waals surface area contributed by atoms with Gasteiger partial charge >= 0.3 is 5.97 Å². The van der Waals surface area contributed by atoms with Crippen molar-refractivity contribution in [1.82, 2.24) is 0 Å². The van der Waals surface area contributed by atoms with Crippen LogP contribution >= 0.6 is 0 Å². The lowest BCUT2D eigenvalue weighted by molar-refractivity contribution is 0.0735. The van der Waals surface area contributed by atoms with Crippen LogP contribution in [-0.2, 0) is 0 Å². The molecule has 0 saturated heterocycles. The second-order valence-corrected chi connectivity index (χ2v) is 3.74. The molecule has 0 aliphatic carbocycles. The van der Waals surface area contributed by atoms with Gasteiger partial charge in [0, 0.05) is 0 Å². The normalized spacial score (nSPS) is 9.10. The summed E-state index contributed by atoms with van der Waals surface area (Å²) in [6.45, 7) is 0. The molecule has 5 heteroatoms. The van der Waals surface area contributed by atoms with E-state index in [1.807, 2.05) is 6.07 Å². The Morgan fingerprint density at radius 3 is 2.05 bits per heavy atom. The Hall–Kier alpha value is -3.31. The molecule has 0 atom stereocenters. The van der Waals surface area contributed by atoms with Gasteiger partial charge in [-0.05, 0) is 48.5 Å². The molecule has 0 unspecified atom stereocenters. The number of ether oxygens (including phenoxy) is 2. The van der Waals surface area contributed by atoms with E-state index in [0.717, 1.165) is 0 Å². The number of carbonyl (C=O) groups is 1. The number of carbonyl (C=O) groups excluding carboxylic acids is 1. The average molecular weight is 264 g/mol. The number of benzene rings is 2. The van der Waals surface area contributed by atoms with Crippen molar-refractivity contribution in [2.75, 3.05) is 0 Å². The molecule has 0 amide bonds. The smallest absolute Gasteiger partial charge is 0.343 e. The van der Waals surface area contributed by atoms with Gasteiger partial charge in [0.05, 0.1) is 17.2 Å². The van der Waals surface area contributed by atoms with Crippen LogP contribution in [0.4, 0.5) is 0 Å². The monoisotopic (exact) mass is 264 g/mol. The molecule has 2 aromatic carbocycles. The molecule has 0 spiro atoms. The number of hydrogen-bond acceptors (Lipinski definition) is 5. The Kier molecular flexibility index (Phi) is 3.96. The molecule has 0 aliphatic rings. The minimum Gasteiger partial charge on any atom is -0.423 e. The minimum atomic E-state index is -0.529. The third-order valence-corrected chi connectivity index (χ3v) is 2.45. The number of nitrogens with zero attached hydrogens (tertiary/aromatic N) is 2. The van der Waals surface area contributed by atoms with Crippen molar-refractivity contribution < 1.29 is 14.3 Å². The van der Waals surface area contributed by atoms with Crippen LogP contribution in [0.1, 0.15) is 15.9 Å². The van der Waals surface area contributed by atoms with Gasteiger partial charge in [0.15, 0.2) is 0 Å². The van der Waals surface area contributed by atoms with Crippen molar-refractivity contribution in [3.63, 3.8) is 0 Å². The topological polar surface area (TPSA) is 83.1 Å². The molecular formula is C15H8N2O3. The van der Waals surface area contributed by atoms with E-state index in [0.29, 0.717) is 22.6 Å². The highest BCUT2D eigenvalue weighted by Gasteiger charge is 2.08. The fourth-order valence-corrected chi connectivity index (χ4v) is 1.48. The summed E-state index contributed by atoms with van der Waals surface area (Å²) in [6.07, 6.45) is 1.54. The zero-order chi connectivity index (χ0) is 14.4. The maximum absolute atomic E-state index is 11.8. The molecule has 0 N–H and O–H groups in total. The number of esters is 1. The Bertz CT molecular complexity index is 692. The van der Waals surface area contributed by atoms with E-state index < -0.39 is 5.97 Å². The first-order chi connectivity index (χ1) is 9.72. The quantitative estimate of drug-likeness (QED) is 0.483. The van der Waals surface area contributed by atoms with E-state index in [2.05, 4.69) is 4.74 Å². The van der Waals surface area contributed by atoms with Crippen molar-refractivity contribution in [2.24, 2.45) is 0 Å². The Morgan fingerprint density at radius 1 is 0.900 bits per heavy atom. The van der Waals surface area contributed by atoms with Gasteiger partial charge in [-0.25, -0.2) is 4.79 Å². The summed E-state index contributed by atoms with van der Waals surface area (Å²) in [5.41, 5.74) is 0.822. The molecule has 2 aromatic rings.